The molecule has 1 aromatic rings. The minimum Gasteiger partial charge on any atom is -0.511 e. The molecule has 23 atom stereocenters. The van der Waals surface area contributed by atoms with Crippen molar-refractivity contribution in [2.75, 3.05) is 0 Å². The van der Waals surface area contributed by atoms with Crippen LogP contribution >= 0.6 is 11.6 Å². The monoisotopic (exact) mass is 1070 g/mol. The van der Waals surface area contributed by atoms with Gasteiger partial charge in [0.05, 0.1) is 24.4 Å². The molecular formula is C56H75ClO18. The van der Waals surface area contributed by atoms with Crippen LogP contribution < -0.4 is 0 Å². The summed E-state index contributed by atoms with van der Waals surface area (Å²) in [5.74, 6) is -6.81. The Morgan fingerprint density at radius 2 is 1.51 bits per heavy atom. The quantitative estimate of drug-likeness (QED) is 0.0867. The van der Waals surface area contributed by atoms with Crippen molar-refractivity contribution in [1.82, 2.24) is 0 Å². The molecule has 1 aromatic carbocycles. The fourth-order valence-corrected chi connectivity index (χ4v) is 14.0. The summed E-state index contributed by atoms with van der Waals surface area (Å²) in [5.41, 5.74) is -5.95. The van der Waals surface area contributed by atoms with Crippen molar-refractivity contribution >= 4 is 35.1 Å². The van der Waals surface area contributed by atoms with Crippen LogP contribution in [0.4, 0.5) is 0 Å². The predicted molar refractivity (Wildman–Crippen MR) is 268 cm³/mol. The van der Waals surface area contributed by atoms with Gasteiger partial charge in [0.1, 0.15) is 58.8 Å². The predicted octanol–water partition coefficient (Wildman–Crippen LogP) is 5.02. The zero-order valence-corrected chi connectivity index (χ0v) is 45.1. The van der Waals surface area contributed by atoms with Crippen molar-refractivity contribution in [3.8, 4) is 5.75 Å². The Kier molecular flexibility index (Phi) is 15.7. The normalized spacial score (nSPS) is 44.4. The first-order chi connectivity index (χ1) is 34.9. The van der Waals surface area contributed by atoms with Crippen molar-refractivity contribution in [1.29, 1.82) is 0 Å². The molecule has 2 bridgehead atoms. The van der Waals surface area contributed by atoms with Gasteiger partial charge < -0.3 is 69.3 Å². The molecule has 7 aliphatic rings. The molecule has 8 N–H and O–H groups in total. The van der Waals surface area contributed by atoms with Gasteiger partial charge in [0.2, 0.25) is 5.78 Å². The number of phenolic OH excluding ortho intramolecular Hbond substituents is 1. The average Bonchev–Trinajstić information content (AvgIpc) is 3.59. The van der Waals surface area contributed by atoms with Gasteiger partial charge in [-0.3, -0.25) is 9.59 Å². The number of Topliss-reactive ketones (excluding diaryl/α,β-unsaturated/α-hetero) is 2. The smallest absolute Gasteiger partial charge is 0.346 e. The maximum absolute atomic E-state index is 15.4. The molecule has 3 heterocycles. The van der Waals surface area contributed by atoms with Gasteiger partial charge in [-0.05, 0) is 114 Å². The number of aliphatic hydroxyl groups excluding tert-OH is 6. The van der Waals surface area contributed by atoms with Crippen LogP contribution in [-0.2, 0) is 42.8 Å². The van der Waals surface area contributed by atoms with Gasteiger partial charge >= 0.3 is 11.9 Å². The number of rotatable bonds is 10. The summed E-state index contributed by atoms with van der Waals surface area (Å²) >= 11 is 6.18. The molecule has 4 aliphatic carbocycles. The molecule has 18 nitrogen and oxygen atoms in total. The van der Waals surface area contributed by atoms with Gasteiger partial charge in [-0.2, -0.15) is 0 Å². The number of allylic oxidation sites excluding steroid dienone is 5. The highest BCUT2D eigenvalue weighted by Gasteiger charge is 2.67. The highest BCUT2D eigenvalue weighted by Crippen LogP contribution is 2.62. The molecular weight excluding hydrogens is 996 g/mol. The van der Waals surface area contributed by atoms with E-state index in [1.165, 1.54) is 39.8 Å². The lowest BCUT2D eigenvalue weighted by molar-refractivity contribution is -0.361. The fourth-order valence-electron chi connectivity index (χ4n) is 13.8. The van der Waals surface area contributed by atoms with Crippen LogP contribution in [0.1, 0.15) is 111 Å². The second-order valence-corrected chi connectivity index (χ2v) is 23.8. The number of benzene rings is 1. The summed E-state index contributed by atoms with van der Waals surface area (Å²) in [4.78, 5) is 55.5. The van der Waals surface area contributed by atoms with E-state index >= 15 is 4.79 Å². The molecule has 4 fully saturated rings. The standard InChI is InChI=1S/C56H75ClO18/c1-23-13-12-18-53(9)21-26(4)31(20-36(60)55(11,69)30(8)58)22-56(53)48(66)38(50(68)75-56)47(65)54(10)33(23)15-14-32-39(54)24(2)19-25(3)44(32)73-52-43(64)46(40(61)28(6)70-52)74-51-42(63)41(62)45(29(7)71-51)72-49(67)37-27(5)34(57)16-17-35(37)59/h12-17,21,23-25,28-29,31-33,36,39-46,51-52,59-65,69H,18-20,22H2,1-11H3/b13-12+,47-38?/t23-,24+,25-,28-,29-,31-,32+,33+,36+,39-,40-,41-,42-,43-,44+,45-,46+,51-,52-,53-,54-,55+,56-/m1/s1. The van der Waals surface area contributed by atoms with E-state index in [1.54, 1.807) is 6.92 Å². The number of aromatic hydroxyl groups is 1. The van der Waals surface area contributed by atoms with Crippen LogP contribution in [0.25, 0.3) is 0 Å². The summed E-state index contributed by atoms with van der Waals surface area (Å²) in [6.07, 6.45) is -6.78. The average molecular weight is 1070 g/mol. The van der Waals surface area contributed by atoms with Crippen molar-refractivity contribution in [3.05, 3.63) is 75.6 Å². The van der Waals surface area contributed by atoms with Crippen molar-refractivity contribution in [3.63, 3.8) is 0 Å². The van der Waals surface area contributed by atoms with E-state index in [-0.39, 0.29) is 53.2 Å². The molecule has 0 amide bonds. The molecule has 19 heteroatoms. The zero-order chi connectivity index (χ0) is 55.3. The zero-order valence-electron chi connectivity index (χ0n) is 44.4. The number of fused-ring (bicyclic) bond motifs is 4. The van der Waals surface area contributed by atoms with Gasteiger partial charge in [-0.15, -0.1) is 0 Å². The van der Waals surface area contributed by atoms with Gasteiger partial charge in [-0.25, -0.2) is 9.59 Å². The van der Waals surface area contributed by atoms with Crippen LogP contribution in [0.5, 0.6) is 5.75 Å². The summed E-state index contributed by atoms with van der Waals surface area (Å²) in [6.45, 7) is 18.5. The Bertz CT molecular complexity index is 2560. The first-order valence-electron chi connectivity index (χ1n) is 26.1. The van der Waals surface area contributed by atoms with Gasteiger partial charge in [0.15, 0.2) is 30.1 Å². The Hall–Kier alpha value is -4.05. The van der Waals surface area contributed by atoms with Crippen LogP contribution in [0, 0.1) is 59.2 Å². The van der Waals surface area contributed by atoms with Gasteiger partial charge in [0, 0.05) is 28.2 Å². The summed E-state index contributed by atoms with van der Waals surface area (Å²) in [6, 6.07) is 2.62. The van der Waals surface area contributed by atoms with Crippen molar-refractivity contribution < 1.29 is 88.5 Å². The molecule has 0 radical (unpaired) electrons. The largest absolute Gasteiger partial charge is 0.511 e. The number of hydrogen-bond donors (Lipinski definition) is 8. The Morgan fingerprint density at radius 3 is 2.17 bits per heavy atom. The lowest BCUT2D eigenvalue weighted by Crippen LogP contribution is -2.64. The number of aliphatic hydroxyl groups is 7. The van der Waals surface area contributed by atoms with Gasteiger partial charge in [0.25, 0.3) is 0 Å². The topological polar surface area (TPSA) is 285 Å². The molecule has 8 rings (SSSR count). The molecule has 1 spiro atoms. The third-order valence-corrected chi connectivity index (χ3v) is 18.9. The van der Waals surface area contributed by atoms with Gasteiger partial charge in [-0.1, -0.05) is 82.2 Å². The summed E-state index contributed by atoms with van der Waals surface area (Å²) in [7, 11) is 0. The minimum atomic E-state index is -2.07. The molecule has 75 heavy (non-hydrogen) atoms. The number of carbonyl (C=O) groups excluding carboxylic acids is 4. The van der Waals surface area contributed by atoms with E-state index in [2.05, 4.69) is 13.0 Å². The number of phenols is 1. The number of esters is 2. The number of carbonyl (C=O) groups is 4. The van der Waals surface area contributed by atoms with Crippen LogP contribution in [0.3, 0.4) is 0 Å². The maximum Gasteiger partial charge on any atom is 0.346 e. The van der Waals surface area contributed by atoms with Crippen LogP contribution in [0.15, 0.2) is 59.4 Å². The number of ether oxygens (including phenoxy) is 6. The highest BCUT2D eigenvalue weighted by atomic mass is 35.5. The Balaban J connectivity index is 1.07. The highest BCUT2D eigenvalue weighted by molar-refractivity contribution is 6.32. The Morgan fingerprint density at radius 1 is 0.867 bits per heavy atom. The SMILES string of the molecule is CC(=O)[C@](C)(O)[C@@H](O)C[C@@H]1C[C@]23OC(=O)C(=C(O)[C@@]4(C)[C@H]5[C@H](C=C[C@H]4[C@H](C)/C=C/C[C@]2(C)C=C1C)[C@@H](O[C@H]1O[C@H](C)[C@@H](O)[C@H](O[C@H]2O[C@H](C)[C@@H](OC(=O)c4c(O)ccc(Cl)c4C)[C@H](O)[C@H]2O)[C@H]1O)[C@H](C)C[C@@H]5C)C3=O. The Labute approximate surface area is 442 Å². The molecule has 3 saturated heterocycles. The molecule has 414 valence electrons. The second kappa shape index (κ2) is 20.6. The minimum absolute atomic E-state index is 0.0723. The van der Waals surface area contributed by atoms with E-state index in [0.717, 1.165) is 5.57 Å². The number of halogens is 1. The van der Waals surface area contributed by atoms with E-state index in [9.17, 15) is 55.2 Å². The van der Waals surface area contributed by atoms with E-state index < -0.39 is 160 Å². The third-order valence-electron chi connectivity index (χ3n) is 18.5. The molecule has 3 aliphatic heterocycles. The lowest BCUT2D eigenvalue weighted by Gasteiger charge is -2.57. The first-order valence-corrected chi connectivity index (χ1v) is 26.5. The maximum atomic E-state index is 15.4. The molecule has 0 aromatic heterocycles. The number of hydrogen-bond acceptors (Lipinski definition) is 18. The second-order valence-electron chi connectivity index (χ2n) is 23.4. The summed E-state index contributed by atoms with van der Waals surface area (Å²) < 4.78 is 36.8. The molecule has 1 saturated carbocycles. The first kappa shape index (κ1) is 57.1. The summed E-state index contributed by atoms with van der Waals surface area (Å²) in [5, 5.41) is 91.7. The third kappa shape index (κ3) is 9.44. The van der Waals surface area contributed by atoms with Crippen molar-refractivity contribution in [2.45, 2.75) is 187 Å². The van der Waals surface area contributed by atoms with Crippen LogP contribution in [0.2, 0.25) is 5.02 Å². The van der Waals surface area contributed by atoms with E-state index in [1.807, 2.05) is 58.9 Å². The number of ketones is 2. The van der Waals surface area contributed by atoms with Crippen LogP contribution in [-0.4, -0.2) is 149 Å². The van der Waals surface area contributed by atoms with E-state index in [0.29, 0.717) is 6.42 Å². The molecule has 0 unspecified atom stereocenters. The fraction of sp³-hybridized carbons (Fsp3) is 0.679. The van der Waals surface area contributed by atoms with Crippen molar-refractivity contribution in [2.24, 2.45) is 52.3 Å². The lowest BCUT2D eigenvalue weighted by atomic mass is 9.49. The van der Waals surface area contributed by atoms with E-state index in [4.69, 9.17) is 40.0 Å².